The Labute approximate surface area is 83.0 Å². The summed E-state index contributed by atoms with van der Waals surface area (Å²) in [5, 5.41) is 0. The maximum Gasteiger partial charge on any atom is 0.134 e. The molecule has 1 aromatic rings. The molecule has 2 rings (SSSR count). The molecule has 1 aliphatic rings. The van der Waals surface area contributed by atoms with E-state index in [0.29, 0.717) is 19.8 Å². The fourth-order valence-electron chi connectivity index (χ4n) is 1.39. The van der Waals surface area contributed by atoms with Gasteiger partial charge in [-0.15, -0.1) is 0 Å². The Kier molecular flexibility index (Phi) is 2.86. The first-order valence-corrected chi connectivity index (χ1v) is 4.79. The highest BCUT2D eigenvalue weighted by Crippen LogP contribution is 2.22. The minimum Gasteiger partial charge on any atom is -0.464 e. The molecule has 0 aromatic carbocycles. The molecule has 1 fully saturated rings. The van der Waals surface area contributed by atoms with Crippen molar-refractivity contribution in [2.24, 2.45) is 5.73 Å². The molecular weight excluding hydrogens is 182 g/mol. The van der Waals surface area contributed by atoms with Gasteiger partial charge in [-0.25, -0.2) is 0 Å². The average Bonchev–Trinajstić information content (AvgIpc) is 2.50. The van der Waals surface area contributed by atoms with Crippen molar-refractivity contribution in [3.05, 3.63) is 23.7 Å². The zero-order chi connectivity index (χ0) is 9.97. The molecule has 1 atom stereocenters. The number of ether oxygens (including phenoxy) is 2. The predicted octanol–water partition coefficient (Wildman–Crippen LogP) is 1.00. The number of hydrogen-bond donors (Lipinski definition) is 1. The van der Waals surface area contributed by atoms with Crippen LogP contribution in [0.25, 0.3) is 0 Å². The monoisotopic (exact) mass is 197 g/mol. The van der Waals surface area contributed by atoms with Crippen LogP contribution in [0, 0.1) is 6.92 Å². The Hall–Kier alpha value is -0.840. The van der Waals surface area contributed by atoms with Crippen molar-refractivity contribution in [2.45, 2.75) is 19.1 Å². The van der Waals surface area contributed by atoms with E-state index >= 15 is 0 Å². The number of hydrogen-bond acceptors (Lipinski definition) is 4. The highest BCUT2D eigenvalue weighted by Gasteiger charge is 2.25. The zero-order valence-corrected chi connectivity index (χ0v) is 8.23. The Morgan fingerprint density at radius 1 is 1.57 bits per heavy atom. The largest absolute Gasteiger partial charge is 0.464 e. The third kappa shape index (κ3) is 1.97. The molecule has 0 bridgehead atoms. The summed E-state index contributed by atoms with van der Waals surface area (Å²) in [6, 6.07) is 3.82. The van der Waals surface area contributed by atoms with Gasteiger partial charge in [-0.3, -0.25) is 0 Å². The van der Waals surface area contributed by atoms with Gasteiger partial charge in [0.25, 0.3) is 0 Å². The lowest BCUT2D eigenvalue weighted by Crippen LogP contribution is -2.38. The van der Waals surface area contributed by atoms with Crippen LogP contribution in [-0.4, -0.2) is 25.9 Å². The van der Waals surface area contributed by atoms with Crippen LogP contribution in [0.1, 0.15) is 17.6 Å². The second kappa shape index (κ2) is 4.13. The van der Waals surface area contributed by atoms with Crippen LogP contribution in [0.5, 0.6) is 0 Å². The average molecular weight is 197 g/mol. The smallest absolute Gasteiger partial charge is 0.134 e. The van der Waals surface area contributed by atoms with Gasteiger partial charge < -0.3 is 19.6 Å². The quantitative estimate of drug-likeness (QED) is 0.782. The molecule has 14 heavy (non-hydrogen) atoms. The summed E-state index contributed by atoms with van der Waals surface area (Å²) in [5.41, 5.74) is 5.62. The molecule has 1 aromatic heterocycles. The number of nitrogens with two attached hydrogens (primary N) is 1. The van der Waals surface area contributed by atoms with E-state index in [2.05, 4.69) is 0 Å². The Morgan fingerprint density at radius 2 is 2.36 bits per heavy atom. The predicted molar refractivity (Wildman–Crippen MR) is 50.9 cm³/mol. The van der Waals surface area contributed by atoms with Crippen LogP contribution in [0.4, 0.5) is 0 Å². The first-order chi connectivity index (χ1) is 6.79. The first kappa shape index (κ1) is 9.71. The van der Waals surface area contributed by atoms with Gasteiger partial charge in [0, 0.05) is 6.54 Å². The van der Waals surface area contributed by atoms with Crippen molar-refractivity contribution in [2.75, 3.05) is 19.8 Å². The fraction of sp³-hybridized carbons (Fsp3) is 0.600. The molecule has 1 aliphatic heterocycles. The van der Waals surface area contributed by atoms with E-state index in [4.69, 9.17) is 19.6 Å². The van der Waals surface area contributed by atoms with Crippen LogP contribution >= 0.6 is 0 Å². The molecule has 78 valence electrons. The molecule has 0 radical (unpaired) electrons. The van der Waals surface area contributed by atoms with Crippen LogP contribution < -0.4 is 5.73 Å². The highest BCUT2D eigenvalue weighted by molar-refractivity contribution is 5.08. The molecule has 0 amide bonds. The van der Waals surface area contributed by atoms with Crippen molar-refractivity contribution in [1.29, 1.82) is 0 Å². The normalized spacial score (nSPS) is 19.3. The second-order valence-electron chi connectivity index (χ2n) is 3.47. The van der Waals surface area contributed by atoms with Crippen molar-refractivity contribution in [1.82, 2.24) is 0 Å². The van der Waals surface area contributed by atoms with Crippen molar-refractivity contribution < 1.29 is 13.9 Å². The molecule has 4 heteroatoms. The molecular formula is C10H15NO3. The summed E-state index contributed by atoms with van der Waals surface area (Å²) >= 11 is 0. The van der Waals surface area contributed by atoms with Gasteiger partial charge in [0.2, 0.25) is 0 Å². The lowest BCUT2D eigenvalue weighted by Gasteiger charge is -2.29. The van der Waals surface area contributed by atoms with Gasteiger partial charge in [-0.2, -0.15) is 0 Å². The zero-order valence-electron chi connectivity index (χ0n) is 8.23. The second-order valence-corrected chi connectivity index (χ2v) is 3.47. The van der Waals surface area contributed by atoms with E-state index in [1.807, 2.05) is 19.1 Å². The molecule has 0 spiro atoms. The summed E-state index contributed by atoms with van der Waals surface area (Å²) < 4.78 is 16.2. The maximum atomic E-state index is 5.69. The topological polar surface area (TPSA) is 57.6 Å². The Balaban J connectivity index is 1.97. The van der Waals surface area contributed by atoms with Gasteiger partial charge >= 0.3 is 0 Å². The number of rotatable bonds is 4. The lowest BCUT2D eigenvalue weighted by molar-refractivity contribution is -0.157. The molecule has 2 heterocycles. The minimum atomic E-state index is -0.141. The minimum absolute atomic E-state index is 0.141. The van der Waals surface area contributed by atoms with E-state index in [1.165, 1.54) is 0 Å². The molecule has 0 aliphatic carbocycles. The van der Waals surface area contributed by atoms with E-state index in [-0.39, 0.29) is 12.2 Å². The van der Waals surface area contributed by atoms with E-state index in [1.54, 1.807) is 0 Å². The van der Waals surface area contributed by atoms with Crippen LogP contribution in [0.3, 0.4) is 0 Å². The first-order valence-electron chi connectivity index (χ1n) is 4.79. The molecule has 4 nitrogen and oxygen atoms in total. The Bertz CT molecular complexity index is 293. The Morgan fingerprint density at radius 3 is 2.79 bits per heavy atom. The van der Waals surface area contributed by atoms with Gasteiger partial charge in [0.15, 0.2) is 0 Å². The molecule has 1 unspecified atom stereocenters. The third-order valence-corrected chi connectivity index (χ3v) is 2.26. The highest BCUT2D eigenvalue weighted by atomic mass is 16.6. The lowest BCUT2D eigenvalue weighted by atomic mass is 10.2. The van der Waals surface area contributed by atoms with Crippen molar-refractivity contribution >= 4 is 0 Å². The van der Waals surface area contributed by atoms with Gasteiger partial charge in [0.1, 0.15) is 23.7 Å². The number of furan rings is 1. The molecule has 2 N–H and O–H groups in total. The van der Waals surface area contributed by atoms with Crippen LogP contribution in [-0.2, 0) is 9.47 Å². The number of aryl methyl sites for hydroxylation is 1. The fourth-order valence-corrected chi connectivity index (χ4v) is 1.39. The summed E-state index contributed by atoms with van der Waals surface area (Å²) in [7, 11) is 0. The van der Waals surface area contributed by atoms with E-state index in [9.17, 15) is 0 Å². The van der Waals surface area contributed by atoms with Crippen LogP contribution in [0.2, 0.25) is 0 Å². The van der Waals surface area contributed by atoms with Gasteiger partial charge in [0.05, 0.1) is 13.2 Å². The molecule has 0 saturated carbocycles. The van der Waals surface area contributed by atoms with Gasteiger partial charge in [-0.05, 0) is 19.1 Å². The summed E-state index contributed by atoms with van der Waals surface area (Å²) in [6.07, 6.45) is 0.0338. The van der Waals surface area contributed by atoms with E-state index < -0.39 is 0 Å². The van der Waals surface area contributed by atoms with E-state index in [0.717, 1.165) is 11.5 Å². The van der Waals surface area contributed by atoms with Crippen molar-refractivity contribution in [3.63, 3.8) is 0 Å². The van der Waals surface area contributed by atoms with Gasteiger partial charge in [-0.1, -0.05) is 0 Å². The summed E-state index contributed by atoms with van der Waals surface area (Å²) in [4.78, 5) is 0. The molecule has 1 saturated heterocycles. The summed E-state index contributed by atoms with van der Waals surface area (Å²) in [6.45, 7) is 3.67. The summed E-state index contributed by atoms with van der Waals surface area (Å²) in [5.74, 6) is 1.68. The van der Waals surface area contributed by atoms with Crippen molar-refractivity contribution in [3.8, 4) is 0 Å². The third-order valence-electron chi connectivity index (χ3n) is 2.26. The SMILES string of the molecule is Cc1ccc(C(CN)OC2COC2)o1. The standard InChI is InChI=1S/C10H15NO3/c1-7-2-3-9(13-7)10(4-11)14-8-5-12-6-8/h2-3,8,10H,4-6,11H2,1H3. The maximum absolute atomic E-state index is 5.69. The van der Waals surface area contributed by atoms with Crippen LogP contribution in [0.15, 0.2) is 16.5 Å².